The molecule has 152 valence electrons. The van der Waals surface area contributed by atoms with Gasteiger partial charge in [-0.2, -0.15) is 0 Å². The van der Waals surface area contributed by atoms with Crippen LogP contribution in [0, 0.1) is 0 Å². The summed E-state index contributed by atoms with van der Waals surface area (Å²) in [5.74, 6) is 0.333. The van der Waals surface area contributed by atoms with Crippen molar-refractivity contribution < 1.29 is 14.0 Å². The topological polar surface area (TPSA) is 75.4 Å². The molecule has 0 unspecified atom stereocenters. The molecule has 2 aliphatic heterocycles. The van der Waals surface area contributed by atoms with Crippen molar-refractivity contribution in [2.75, 3.05) is 10.2 Å². The first-order valence-electron chi connectivity index (χ1n) is 10.0. The molecule has 1 atom stereocenters. The van der Waals surface area contributed by atoms with Crippen LogP contribution in [0.1, 0.15) is 12.8 Å². The zero-order valence-electron chi connectivity index (χ0n) is 16.4. The average Bonchev–Trinajstić information content (AvgIpc) is 3.46. The van der Waals surface area contributed by atoms with E-state index < -0.39 is 4.87 Å². The van der Waals surface area contributed by atoms with Crippen molar-refractivity contribution in [2.24, 2.45) is 0 Å². The van der Waals surface area contributed by atoms with E-state index in [-0.39, 0.29) is 11.8 Å². The van der Waals surface area contributed by atoms with Crippen LogP contribution < -0.4 is 10.2 Å². The summed E-state index contributed by atoms with van der Waals surface area (Å²) in [6.45, 7) is 0. The maximum Gasteiger partial charge on any atom is 0.261 e. The average molecular weight is 427 g/mol. The third kappa shape index (κ3) is 2.77. The molecule has 0 spiro atoms. The minimum atomic E-state index is -0.931. The minimum Gasteiger partial charge on any atom is -0.436 e. The van der Waals surface area contributed by atoms with Gasteiger partial charge in [-0.15, -0.1) is 0 Å². The fourth-order valence-electron chi connectivity index (χ4n) is 4.22. The van der Waals surface area contributed by atoms with Crippen molar-refractivity contribution in [2.45, 2.75) is 22.6 Å². The maximum atomic E-state index is 13.3. The smallest absolute Gasteiger partial charge is 0.261 e. The van der Waals surface area contributed by atoms with Crippen LogP contribution in [0.5, 0.6) is 0 Å². The lowest BCUT2D eigenvalue weighted by Crippen LogP contribution is -2.49. The van der Waals surface area contributed by atoms with Gasteiger partial charge in [0.1, 0.15) is 5.52 Å². The second-order valence-corrected chi connectivity index (χ2v) is 8.92. The number of hydrogen-bond donors (Lipinski definition) is 1. The van der Waals surface area contributed by atoms with Gasteiger partial charge in [0.25, 0.3) is 5.91 Å². The van der Waals surface area contributed by atoms with Crippen molar-refractivity contribution in [1.82, 2.24) is 4.98 Å². The summed E-state index contributed by atoms with van der Waals surface area (Å²) < 4.78 is 5.81. The lowest BCUT2D eigenvalue weighted by Gasteiger charge is -2.29. The summed E-state index contributed by atoms with van der Waals surface area (Å²) in [5.41, 5.74) is 3.84. The highest BCUT2D eigenvalue weighted by Crippen LogP contribution is 2.56. The summed E-state index contributed by atoms with van der Waals surface area (Å²) in [4.78, 5) is 32.1. The summed E-state index contributed by atoms with van der Waals surface area (Å²) >= 11 is 1.46. The predicted octanol–water partition coefficient (Wildman–Crippen LogP) is 5.06. The number of hydrogen-bond acceptors (Lipinski definition) is 5. The summed E-state index contributed by atoms with van der Waals surface area (Å²) in [6.07, 6.45) is 0.851. The Bertz CT molecular complexity index is 1310. The van der Waals surface area contributed by atoms with Crippen molar-refractivity contribution in [1.29, 1.82) is 0 Å². The first-order valence-corrected chi connectivity index (χ1v) is 10.8. The van der Waals surface area contributed by atoms with E-state index in [1.165, 1.54) is 11.8 Å². The quantitative estimate of drug-likeness (QED) is 0.494. The molecule has 31 heavy (non-hydrogen) atoms. The zero-order chi connectivity index (χ0) is 21.0. The molecular formula is C24H17N3O3S. The number of carbonyl (C=O) groups excluding carboxylic acids is 2. The molecule has 0 aliphatic carbocycles. The molecule has 2 amide bonds. The Morgan fingerprint density at radius 1 is 1.03 bits per heavy atom. The molecule has 1 fully saturated rings. The maximum absolute atomic E-state index is 13.3. The Balaban J connectivity index is 1.26. The van der Waals surface area contributed by atoms with Crippen LogP contribution in [0.25, 0.3) is 22.6 Å². The van der Waals surface area contributed by atoms with Crippen LogP contribution in [0.2, 0.25) is 0 Å². The van der Waals surface area contributed by atoms with E-state index in [0.29, 0.717) is 24.4 Å². The second kappa shape index (κ2) is 6.72. The van der Waals surface area contributed by atoms with Gasteiger partial charge in [0.15, 0.2) is 10.5 Å². The van der Waals surface area contributed by atoms with Gasteiger partial charge in [-0.05, 0) is 55.0 Å². The van der Waals surface area contributed by atoms with Gasteiger partial charge in [-0.1, -0.05) is 36.0 Å². The number of fused-ring (bicyclic) bond motifs is 4. The number of thioether (sulfide) groups is 1. The number of benzene rings is 3. The molecule has 7 heteroatoms. The predicted molar refractivity (Wildman–Crippen MR) is 120 cm³/mol. The lowest BCUT2D eigenvalue weighted by molar-refractivity contribution is -0.121. The largest absolute Gasteiger partial charge is 0.436 e. The first-order chi connectivity index (χ1) is 15.1. The number of amides is 2. The summed E-state index contributed by atoms with van der Waals surface area (Å²) in [5, 5.41) is 3.00. The third-order valence-corrected chi connectivity index (χ3v) is 7.19. The number of nitrogens with one attached hydrogen (secondary N) is 1. The molecule has 4 aromatic rings. The molecular weight excluding hydrogens is 410 g/mol. The van der Waals surface area contributed by atoms with Gasteiger partial charge in [0.2, 0.25) is 11.8 Å². The molecule has 3 aromatic carbocycles. The summed E-state index contributed by atoms with van der Waals surface area (Å²) in [6, 6.07) is 22.7. The van der Waals surface area contributed by atoms with E-state index in [9.17, 15) is 9.59 Å². The Kier molecular flexibility index (Phi) is 3.94. The van der Waals surface area contributed by atoms with Crippen LogP contribution >= 0.6 is 11.8 Å². The molecule has 1 saturated heterocycles. The van der Waals surface area contributed by atoms with Crippen molar-refractivity contribution >= 4 is 46.1 Å². The fourth-order valence-corrected chi connectivity index (χ4v) is 5.63. The van der Waals surface area contributed by atoms with E-state index in [2.05, 4.69) is 10.3 Å². The molecule has 6 rings (SSSR count). The minimum absolute atomic E-state index is 0.0149. The monoisotopic (exact) mass is 427 g/mol. The Morgan fingerprint density at radius 3 is 2.65 bits per heavy atom. The number of para-hydroxylation sites is 3. The van der Waals surface area contributed by atoms with Gasteiger partial charge in [-0.3, -0.25) is 14.5 Å². The molecule has 2 aliphatic rings. The summed E-state index contributed by atoms with van der Waals surface area (Å²) in [7, 11) is 0. The number of nitrogens with zero attached hydrogens (tertiary/aromatic N) is 2. The van der Waals surface area contributed by atoms with Gasteiger partial charge < -0.3 is 9.73 Å². The number of anilines is 2. The Hall–Kier alpha value is -3.58. The SMILES string of the molecule is O=C1CC[C@]2(C(=O)Nc3ccc(-c4nc5ccccc5o4)cc3)Sc3ccccc3N12. The van der Waals surface area contributed by atoms with Gasteiger partial charge in [0.05, 0.1) is 5.69 Å². The number of oxazole rings is 1. The van der Waals surface area contributed by atoms with E-state index in [1.807, 2.05) is 72.8 Å². The molecule has 1 N–H and O–H groups in total. The number of rotatable bonds is 3. The third-order valence-electron chi connectivity index (χ3n) is 5.71. The molecule has 1 aromatic heterocycles. The van der Waals surface area contributed by atoms with Crippen LogP contribution in [0.15, 0.2) is 82.1 Å². The van der Waals surface area contributed by atoms with Crippen molar-refractivity contribution in [3.63, 3.8) is 0 Å². The Morgan fingerprint density at radius 2 is 1.81 bits per heavy atom. The van der Waals surface area contributed by atoms with Gasteiger partial charge in [0, 0.05) is 22.6 Å². The molecule has 0 saturated carbocycles. The van der Waals surface area contributed by atoms with Crippen LogP contribution in [-0.2, 0) is 9.59 Å². The number of carbonyl (C=O) groups is 2. The Labute approximate surface area is 182 Å². The fraction of sp³-hybridized carbons (Fsp3) is 0.125. The zero-order valence-corrected chi connectivity index (χ0v) is 17.2. The van der Waals surface area contributed by atoms with E-state index in [0.717, 1.165) is 27.2 Å². The lowest BCUT2D eigenvalue weighted by atomic mass is 10.1. The highest BCUT2D eigenvalue weighted by Gasteiger charge is 2.57. The highest BCUT2D eigenvalue weighted by molar-refractivity contribution is 8.02. The first kappa shape index (κ1) is 18.2. The standard InChI is InChI=1S/C24H17N3O3S/c28-21-13-14-24(27(21)18-6-2-4-8-20(18)31-24)23(29)25-16-11-9-15(10-12-16)22-26-17-5-1-3-7-19(17)30-22/h1-12H,13-14H2,(H,25,29)/t24-/m1/s1. The van der Waals surface area contributed by atoms with Crippen LogP contribution in [0.3, 0.4) is 0 Å². The van der Waals surface area contributed by atoms with Crippen molar-refractivity contribution in [3.05, 3.63) is 72.8 Å². The molecule has 0 bridgehead atoms. The van der Waals surface area contributed by atoms with Crippen LogP contribution in [0.4, 0.5) is 11.4 Å². The second-order valence-electron chi connectivity index (χ2n) is 7.60. The van der Waals surface area contributed by atoms with E-state index >= 15 is 0 Å². The molecule has 6 nitrogen and oxygen atoms in total. The van der Waals surface area contributed by atoms with Gasteiger partial charge >= 0.3 is 0 Å². The van der Waals surface area contributed by atoms with Gasteiger partial charge in [-0.25, -0.2) is 4.98 Å². The molecule has 0 radical (unpaired) electrons. The van der Waals surface area contributed by atoms with Crippen molar-refractivity contribution in [3.8, 4) is 11.5 Å². The van der Waals surface area contributed by atoms with E-state index in [4.69, 9.17) is 4.42 Å². The van der Waals surface area contributed by atoms with E-state index in [1.54, 1.807) is 4.90 Å². The highest BCUT2D eigenvalue weighted by atomic mass is 32.2. The number of aromatic nitrogens is 1. The van der Waals surface area contributed by atoms with Crippen LogP contribution in [-0.4, -0.2) is 21.7 Å². The molecule has 3 heterocycles. The normalized spacial score (nSPS) is 19.5.